The summed E-state index contributed by atoms with van der Waals surface area (Å²) in [5, 5.41) is 0. The number of aromatic nitrogens is 2. The van der Waals surface area contributed by atoms with Gasteiger partial charge in [-0.05, 0) is 78.4 Å². The highest BCUT2D eigenvalue weighted by Crippen LogP contribution is 2.83. The number of rotatable bonds is 5. The predicted octanol–water partition coefficient (Wildman–Crippen LogP) is 11.3. The molecule has 4 aliphatic heterocycles. The van der Waals surface area contributed by atoms with Gasteiger partial charge in [0.05, 0.1) is 23.3 Å². The van der Waals surface area contributed by atoms with Crippen LogP contribution in [-0.4, -0.2) is 22.3 Å². The van der Waals surface area contributed by atoms with Crippen LogP contribution in [0.15, 0.2) is 140 Å². The molecule has 1 saturated carbocycles. The lowest BCUT2D eigenvalue weighted by Gasteiger charge is -2.78. The van der Waals surface area contributed by atoms with Crippen LogP contribution in [0.3, 0.4) is 0 Å². The van der Waals surface area contributed by atoms with Crippen LogP contribution < -0.4 is 19.6 Å². The Morgan fingerprint density at radius 2 is 1.17 bits per heavy atom. The van der Waals surface area contributed by atoms with Crippen molar-refractivity contribution in [3.05, 3.63) is 156 Å². The largest absolute Gasteiger partial charge is 0.318 e. The van der Waals surface area contributed by atoms with Gasteiger partial charge in [-0.15, -0.1) is 0 Å². The number of anilines is 8. The fraction of sp³-hybridized carbons (Fsp3) is 0.277. The summed E-state index contributed by atoms with van der Waals surface area (Å²) in [6.07, 6.45) is 4.08. The average Bonchev–Trinajstić information content (AvgIpc) is 3.72. The van der Waals surface area contributed by atoms with Gasteiger partial charge in [-0.25, -0.2) is 9.97 Å². The van der Waals surface area contributed by atoms with E-state index < -0.39 is 0 Å². The lowest BCUT2D eigenvalue weighted by Crippen LogP contribution is -2.81. The zero-order valence-electron chi connectivity index (χ0n) is 30.8. The summed E-state index contributed by atoms with van der Waals surface area (Å²) in [4.78, 5) is 21.4. The highest BCUT2D eigenvalue weighted by Gasteiger charge is 2.82. The Morgan fingerprint density at radius 3 is 1.83 bits per heavy atom. The van der Waals surface area contributed by atoms with Gasteiger partial charge in [0.2, 0.25) is 0 Å². The topological polar surface area (TPSA) is 38.7 Å². The third-order valence-electron chi connectivity index (χ3n) is 13.7. The normalized spacial score (nSPS) is 26.8. The number of benzene rings is 5. The van der Waals surface area contributed by atoms with E-state index in [2.05, 4.69) is 181 Å². The van der Waals surface area contributed by atoms with Crippen LogP contribution in [0.2, 0.25) is 0 Å². The molecule has 5 aromatic carbocycles. The second kappa shape index (κ2) is 11.0. The van der Waals surface area contributed by atoms with Crippen molar-refractivity contribution in [2.24, 2.45) is 11.3 Å². The molecule has 6 unspecified atom stereocenters. The quantitative estimate of drug-likeness (QED) is 0.179. The Morgan fingerprint density at radius 1 is 0.585 bits per heavy atom. The Bertz CT molecular complexity index is 2390. The average molecular weight is 693 g/mol. The van der Waals surface area contributed by atoms with Crippen LogP contribution in [0.25, 0.3) is 0 Å². The summed E-state index contributed by atoms with van der Waals surface area (Å²) in [6.45, 7) is 9.38. The van der Waals surface area contributed by atoms with Crippen molar-refractivity contribution in [2.45, 2.75) is 70.1 Å². The number of fused-ring (bicyclic) bond motifs is 18. The van der Waals surface area contributed by atoms with E-state index in [0.717, 1.165) is 35.9 Å². The standard InChI is InChI=1S/C47H44N6/c1-5-46-34-24-14-16-26-37(34)52-39-28-18-17-27-38(39)50(31-19-9-7-10-20-31)45(52)47(46,6-2)41-40(46)33-23-13-15-25-36(33)53-42-43(49-35(29-48-42)30(3)4)51(44(41)53)32-21-11-8-12-22-32/h7-30,40-41,44-45H,5-6H2,1-4H3. The maximum absolute atomic E-state index is 5.48. The minimum absolute atomic E-state index is 0.0252. The van der Waals surface area contributed by atoms with Crippen LogP contribution in [0.4, 0.5) is 45.8 Å². The molecule has 6 nitrogen and oxygen atoms in total. The second-order valence-electron chi connectivity index (χ2n) is 15.8. The number of hydrogen-bond acceptors (Lipinski definition) is 6. The Balaban J connectivity index is 1.25. The van der Waals surface area contributed by atoms with E-state index in [1.807, 2.05) is 6.20 Å². The first-order chi connectivity index (χ1) is 26.1. The fourth-order valence-electron chi connectivity index (χ4n) is 12.0. The molecule has 6 heteroatoms. The molecule has 0 bridgehead atoms. The minimum Gasteiger partial charge on any atom is -0.318 e. The molecule has 1 aromatic heterocycles. The lowest BCUT2D eigenvalue weighted by molar-refractivity contribution is -0.152. The predicted molar refractivity (Wildman–Crippen MR) is 215 cm³/mol. The molecule has 0 saturated heterocycles. The van der Waals surface area contributed by atoms with E-state index in [4.69, 9.17) is 9.97 Å². The van der Waals surface area contributed by atoms with E-state index >= 15 is 0 Å². The van der Waals surface area contributed by atoms with Gasteiger partial charge in [-0.1, -0.05) is 113 Å². The smallest absolute Gasteiger partial charge is 0.178 e. The van der Waals surface area contributed by atoms with Crippen LogP contribution in [0.1, 0.15) is 69.2 Å². The summed E-state index contributed by atoms with van der Waals surface area (Å²) in [5.41, 5.74) is 11.2. The zero-order chi connectivity index (χ0) is 35.6. The van der Waals surface area contributed by atoms with E-state index in [9.17, 15) is 0 Å². The molecule has 5 heterocycles. The SMILES string of the molecule is CCC12c3ccccc3N3c4ccccc4N(c4ccccc4)C3C1(CC)C1C3N(c4ccccc4)c4nc(C(C)C)cnc4N3c3ccccc3C12. The lowest BCUT2D eigenvalue weighted by atomic mass is 9.30. The number of para-hydroxylation sites is 6. The van der Waals surface area contributed by atoms with Gasteiger partial charge in [-0.2, -0.15) is 0 Å². The van der Waals surface area contributed by atoms with Crippen molar-refractivity contribution < 1.29 is 0 Å². The molecule has 53 heavy (non-hydrogen) atoms. The van der Waals surface area contributed by atoms with Crippen molar-refractivity contribution in [3.8, 4) is 0 Å². The van der Waals surface area contributed by atoms with E-state index in [1.54, 1.807) is 0 Å². The molecular formula is C47H44N6. The first-order valence-corrected chi connectivity index (χ1v) is 19.5. The molecule has 0 N–H and O–H groups in total. The van der Waals surface area contributed by atoms with Gasteiger partial charge >= 0.3 is 0 Å². The first-order valence-electron chi connectivity index (χ1n) is 19.5. The van der Waals surface area contributed by atoms with Crippen molar-refractivity contribution in [3.63, 3.8) is 0 Å². The Hall–Kier alpha value is -5.62. The molecule has 6 atom stereocenters. The van der Waals surface area contributed by atoms with Crippen LogP contribution >= 0.6 is 0 Å². The first kappa shape index (κ1) is 31.0. The van der Waals surface area contributed by atoms with E-state index in [-0.39, 0.29) is 40.9 Å². The maximum atomic E-state index is 5.48. The van der Waals surface area contributed by atoms with Crippen molar-refractivity contribution in [1.29, 1.82) is 0 Å². The third kappa shape index (κ3) is 3.60. The van der Waals surface area contributed by atoms with Crippen LogP contribution in [0.5, 0.6) is 0 Å². The number of hydrogen-bond donors (Lipinski definition) is 0. The molecule has 1 aliphatic carbocycles. The maximum Gasteiger partial charge on any atom is 0.178 e. The molecule has 0 amide bonds. The molecule has 0 radical (unpaired) electrons. The van der Waals surface area contributed by atoms with Gasteiger partial charge in [0.15, 0.2) is 11.6 Å². The van der Waals surface area contributed by atoms with Crippen LogP contribution in [-0.2, 0) is 5.41 Å². The van der Waals surface area contributed by atoms with Gasteiger partial charge in [0.1, 0.15) is 12.3 Å². The Kier molecular flexibility index (Phi) is 6.40. The summed E-state index contributed by atoms with van der Waals surface area (Å²) < 4.78 is 0. The van der Waals surface area contributed by atoms with Crippen molar-refractivity contribution in [1.82, 2.24) is 9.97 Å². The van der Waals surface area contributed by atoms with Crippen molar-refractivity contribution >= 4 is 45.8 Å². The van der Waals surface area contributed by atoms with Gasteiger partial charge in [0, 0.05) is 45.4 Å². The molecular weight excluding hydrogens is 649 g/mol. The Labute approximate surface area is 312 Å². The molecule has 0 spiro atoms. The molecule has 5 aliphatic rings. The summed E-state index contributed by atoms with van der Waals surface area (Å²) >= 11 is 0. The summed E-state index contributed by atoms with van der Waals surface area (Å²) in [6, 6.07) is 49.8. The third-order valence-corrected chi connectivity index (χ3v) is 13.7. The van der Waals surface area contributed by atoms with E-state index in [1.165, 1.54) is 39.6 Å². The van der Waals surface area contributed by atoms with Crippen molar-refractivity contribution in [2.75, 3.05) is 19.6 Å². The van der Waals surface area contributed by atoms with Gasteiger partial charge in [-0.3, -0.25) is 0 Å². The van der Waals surface area contributed by atoms with E-state index in [0.29, 0.717) is 0 Å². The molecule has 262 valence electrons. The van der Waals surface area contributed by atoms with Gasteiger partial charge < -0.3 is 19.6 Å². The highest BCUT2D eigenvalue weighted by atomic mass is 15.5. The van der Waals surface area contributed by atoms with Crippen LogP contribution in [0, 0.1) is 11.3 Å². The number of nitrogens with zero attached hydrogens (tertiary/aromatic N) is 6. The monoisotopic (exact) mass is 692 g/mol. The molecule has 11 rings (SSSR count). The fourth-order valence-corrected chi connectivity index (χ4v) is 12.0. The van der Waals surface area contributed by atoms with Gasteiger partial charge in [0.25, 0.3) is 0 Å². The summed E-state index contributed by atoms with van der Waals surface area (Å²) in [5.74, 6) is 2.69. The zero-order valence-corrected chi connectivity index (χ0v) is 30.8. The second-order valence-corrected chi connectivity index (χ2v) is 15.8. The summed E-state index contributed by atoms with van der Waals surface area (Å²) in [7, 11) is 0. The minimum atomic E-state index is -0.192. The molecule has 6 aromatic rings. The molecule has 1 fully saturated rings. The highest BCUT2D eigenvalue weighted by molar-refractivity contribution is 5.93.